The molecule has 2 atom stereocenters. The van der Waals surface area contributed by atoms with Crippen molar-refractivity contribution >= 4 is 0 Å². The van der Waals surface area contributed by atoms with Crippen LogP contribution in [0.25, 0.3) is 0 Å². The summed E-state index contributed by atoms with van der Waals surface area (Å²) in [6, 6.07) is 2.50. The van der Waals surface area contributed by atoms with Crippen molar-refractivity contribution in [3.8, 4) is 0 Å². The van der Waals surface area contributed by atoms with Gasteiger partial charge in [0.15, 0.2) is 0 Å². The first-order valence-corrected chi connectivity index (χ1v) is 5.06. The van der Waals surface area contributed by atoms with Gasteiger partial charge in [0.25, 0.3) is 0 Å². The van der Waals surface area contributed by atoms with Crippen LogP contribution in [0.15, 0.2) is 18.2 Å². The molecule has 2 nitrogen and oxygen atoms in total. The normalized spacial score (nSPS) is 31.4. The van der Waals surface area contributed by atoms with Crippen LogP contribution in [-0.2, 0) is 21.3 Å². The quantitative estimate of drug-likeness (QED) is 0.562. The van der Waals surface area contributed by atoms with E-state index in [9.17, 15) is 17.6 Å². The molecule has 17 heavy (non-hydrogen) atoms. The van der Waals surface area contributed by atoms with Gasteiger partial charge in [-0.2, -0.15) is 13.2 Å². The molecule has 2 fully saturated rings. The highest BCUT2D eigenvalue weighted by atomic mass is 19.4. The fourth-order valence-electron chi connectivity index (χ4n) is 2.18. The van der Waals surface area contributed by atoms with Crippen LogP contribution in [0.3, 0.4) is 0 Å². The number of alkyl halides is 3. The van der Waals surface area contributed by atoms with Gasteiger partial charge in [0.2, 0.25) is 0 Å². The van der Waals surface area contributed by atoms with Crippen molar-refractivity contribution in [1.29, 1.82) is 0 Å². The highest BCUT2D eigenvalue weighted by molar-refractivity contribution is 5.36. The zero-order valence-corrected chi connectivity index (χ0v) is 8.55. The third-order valence-corrected chi connectivity index (χ3v) is 3.15. The lowest BCUT2D eigenvalue weighted by Crippen LogP contribution is -2.16. The summed E-state index contributed by atoms with van der Waals surface area (Å²) in [7, 11) is 0. The van der Waals surface area contributed by atoms with E-state index in [-0.39, 0.29) is 18.3 Å². The van der Waals surface area contributed by atoms with Crippen LogP contribution in [0.4, 0.5) is 17.6 Å². The maximum Gasteiger partial charge on any atom is 0.416 e. The smallest absolute Gasteiger partial charge is 0.375 e. The fraction of sp³-hybridized carbons (Fsp3) is 0.455. The van der Waals surface area contributed by atoms with Gasteiger partial charge in [-0.05, 0) is 12.1 Å². The van der Waals surface area contributed by atoms with Gasteiger partial charge in [-0.15, -0.1) is 0 Å². The molecule has 2 aliphatic heterocycles. The van der Waals surface area contributed by atoms with Gasteiger partial charge < -0.3 is 9.47 Å². The highest BCUT2D eigenvalue weighted by Gasteiger charge is 2.63. The summed E-state index contributed by atoms with van der Waals surface area (Å²) in [5.41, 5.74) is -1.70. The average Bonchev–Trinajstić information content (AvgIpc) is 2.80. The monoisotopic (exact) mass is 248 g/mol. The third kappa shape index (κ3) is 1.55. The Morgan fingerprint density at radius 3 is 2.53 bits per heavy atom. The first-order valence-electron chi connectivity index (χ1n) is 5.06. The molecule has 2 saturated heterocycles. The minimum absolute atomic E-state index is 0.146. The summed E-state index contributed by atoms with van der Waals surface area (Å²) in [5, 5.41) is 0. The zero-order valence-electron chi connectivity index (χ0n) is 8.55. The molecule has 0 spiro atoms. The zero-order chi connectivity index (χ0) is 12.3. The van der Waals surface area contributed by atoms with Gasteiger partial charge >= 0.3 is 6.18 Å². The van der Waals surface area contributed by atoms with Gasteiger partial charge in [0.05, 0.1) is 18.8 Å². The number of ether oxygens (including phenoxy) is 2. The Kier molecular flexibility index (Phi) is 2.07. The molecule has 0 aliphatic carbocycles. The number of halogens is 4. The van der Waals surface area contributed by atoms with E-state index in [0.717, 1.165) is 12.1 Å². The van der Waals surface area contributed by atoms with Crippen LogP contribution in [0.1, 0.15) is 11.1 Å². The molecule has 2 aliphatic rings. The van der Waals surface area contributed by atoms with E-state index in [4.69, 9.17) is 9.47 Å². The van der Waals surface area contributed by atoms with Crippen molar-refractivity contribution in [2.75, 3.05) is 13.2 Å². The van der Waals surface area contributed by atoms with Crippen molar-refractivity contribution < 1.29 is 27.0 Å². The molecule has 0 N–H and O–H groups in total. The number of epoxide rings is 1. The lowest BCUT2D eigenvalue weighted by Gasteiger charge is -2.12. The van der Waals surface area contributed by atoms with Crippen LogP contribution in [0.2, 0.25) is 0 Å². The van der Waals surface area contributed by atoms with Crippen LogP contribution in [-0.4, -0.2) is 19.3 Å². The van der Waals surface area contributed by atoms with Crippen molar-refractivity contribution in [2.45, 2.75) is 17.9 Å². The lowest BCUT2D eigenvalue weighted by molar-refractivity contribution is -0.137. The van der Waals surface area contributed by atoms with E-state index in [1.165, 1.54) is 0 Å². The molecular formula is C11H8F4O2. The predicted molar refractivity (Wildman–Crippen MR) is 48.8 cm³/mol. The van der Waals surface area contributed by atoms with Gasteiger partial charge in [0, 0.05) is 5.56 Å². The molecule has 0 radical (unpaired) electrons. The van der Waals surface area contributed by atoms with Crippen molar-refractivity contribution in [3.05, 3.63) is 35.1 Å². The molecule has 0 aromatic heterocycles. The third-order valence-electron chi connectivity index (χ3n) is 3.15. The van der Waals surface area contributed by atoms with E-state index in [0.29, 0.717) is 12.7 Å². The molecule has 0 bridgehead atoms. The molecule has 0 saturated carbocycles. The summed E-state index contributed by atoms with van der Waals surface area (Å²) < 4.78 is 61.1. The minimum Gasteiger partial charge on any atom is -0.375 e. The Morgan fingerprint density at radius 2 is 2.06 bits per heavy atom. The largest absolute Gasteiger partial charge is 0.416 e. The van der Waals surface area contributed by atoms with Gasteiger partial charge in [-0.1, -0.05) is 6.07 Å². The van der Waals surface area contributed by atoms with Crippen molar-refractivity contribution in [1.82, 2.24) is 0 Å². The maximum atomic E-state index is 13.7. The van der Waals surface area contributed by atoms with Gasteiger partial charge in [0.1, 0.15) is 17.5 Å². The van der Waals surface area contributed by atoms with Crippen molar-refractivity contribution in [3.63, 3.8) is 0 Å². The van der Waals surface area contributed by atoms with E-state index < -0.39 is 23.2 Å². The minimum atomic E-state index is -4.53. The molecule has 1 aromatic rings. The molecule has 1 aromatic carbocycles. The summed E-state index contributed by atoms with van der Waals surface area (Å²) >= 11 is 0. The molecule has 3 rings (SSSR count). The van der Waals surface area contributed by atoms with Gasteiger partial charge in [-0.3, -0.25) is 0 Å². The SMILES string of the molecule is Fc1cc(C(F)(F)F)ccc1C12COCC1O2. The first kappa shape index (κ1) is 11.0. The molecule has 0 amide bonds. The Bertz CT molecular complexity index is 471. The van der Waals surface area contributed by atoms with Crippen LogP contribution >= 0.6 is 0 Å². The Labute approximate surface area is 94.1 Å². The number of hydrogen-bond donors (Lipinski definition) is 0. The topological polar surface area (TPSA) is 21.8 Å². The summed E-state index contributed by atoms with van der Waals surface area (Å²) in [5.74, 6) is -0.896. The first-order chi connectivity index (χ1) is 7.93. The van der Waals surface area contributed by atoms with E-state index >= 15 is 0 Å². The van der Waals surface area contributed by atoms with Crippen LogP contribution in [0.5, 0.6) is 0 Å². The van der Waals surface area contributed by atoms with Crippen molar-refractivity contribution in [2.24, 2.45) is 0 Å². The lowest BCUT2D eigenvalue weighted by atomic mass is 9.96. The standard InChI is InChI=1S/C11H8F4O2/c12-8-3-6(11(13,14)15)1-2-7(8)10-5-16-4-9(10)17-10/h1-3,9H,4-5H2. The van der Waals surface area contributed by atoms with E-state index in [1.54, 1.807) is 0 Å². The van der Waals surface area contributed by atoms with Crippen LogP contribution in [0, 0.1) is 5.82 Å². The Balaban J connectivity index is 1.98. The molecular weight excluding hydrogens is 240 g/mol. The maximum absolute atomic E-state index is 13.7. The summed E-state index contributed by atoms with van der Waals surface area (Å²) in [6.07, 6.45) is -4.76. The number of hydrogen-bond acceptors (Lipinski definition) is 2. The molecule has 92 valence electrons. The fourth-order valence-corrected chi connectivity index (χ4v) is 2.18. The average molecular weight is 248 g/mol. The predicted octanol–water partition coefficient (Wildman–Crippen LogP) is 2.47. The Hall–Kier alpha value is -1.14. The summed E-state index contributed by atoms with van der Waals surface area (Å²) in [6.45, 7) is 0.556. The second kappa shape index (κ2) is 3.20. The number of benzene rings is 1. The second-order valence-corrected chi connectivity index (χ2v) is 4.20. The molecule has 2 unspecified atom stereocenters. The number of rotatable bonds is 1. The summed E-state index contributed by atoms with van der Waals surface area (Å²) in [4.78, 5) is 0. The highest BCUT2D eigenvalue weighted by Crippen LogP contribution is 2.51. The van der Waals surface area contributed by atoms with E-state index in [2.05, 4.69) is 0 Å². The van der Waals surface area contributed by atoms with E-state index in [1.807, 2.05) is 0 Å². The van der Waals surface area contributed by atoms with Gasteiger partial charge in [-0.25, -0.2) is 4.39 Å². The molecule has 6 heteroatoms. The molecule has 2 heterocycles. The number of fused-ring (bicyclic) bond motifs is 1. The second-order valence-electron chi connectivity index (χ2n) is 4.20. The Morgan fingerprint density at radius 1 is 1.29 bits per heavy atom. The van der Waals surface area contributed by atoms with Crippen LogP contribution < -0.4 is 0 Å².